The van der Waals surface area contributed by atoms with Gasteiger partial charge in [0.25, 0.3) is 5.56 Å². The molecule has 1 heterocycles. The van der Waals surface area contributed by atoms with Gasteiger partial charge in [-0.2, -0.15) is 5.26 Å². The highest BCUT2D eigenvalue weighted by Crippen LogP contribution is 2.07. The molecule has 0 aliphatic rings. The third-order valence-corrected chi connectivity index (χ3v) is 2.78. The smallest absolute Gasteiger partial charge is 0.268 e. The summed E-state index contributed by atoms with van der Waals surface area (Å²) in [5.41, 5.74) is 17.6. The van der Waals surface area contributed by atoms with Crippen molar-refractivity contribution >= 4 is 0 Å². The Bertz CT molecular complexity index is 700. The zero-order chi connectivity index (χ0) is 15.1. The summed E-state index contributed by atoms with van der Waals surface area (Å²) in [4.78, 5) is 17.4. The van der Waals surface area contributed by atoms with E-state index in [9.17, 15) is 4.79 Å². The zero-order valence-electron chi connectivity index (χ0n) is 11.1. The van der Waals surface area contributed by atoms with Crippen LogP contribution in [0.5, 0.6) is 0 Å². The fourth-order valence-corrected chi connectivity index (χ4v) is 1.84. The summed E-state index contributed by atoms with van der Waals surface area (Å²) in [6.07, 6.45) is 0. The number of nitrogens with zero attached hydrogens (tertiary/aromatic N) is 8. The second kappa shape index (κ2) is 6.85. The molecule has 0 radical (unpaired) electrons. The number of aryl methyl sites for hydroxylation is 2. The molecule has 20 heavy (non-hydrogen) atoms. The largest absolute Gasteiger partial charge is 0.311 e. The minimum absolute atomic E-state index is 0.0534. The highest BCUT2D eigenvalue weighted by atomic mass is 16.1. The molecule has 0 saturated heterocycles. The molecule has 1 aromatic heterocycles. The average molecular weight is 272 g/mol. The average Bonchev–Trinajstić information content (AvgIpc) is 2.40. The molecule has 1 rings (SSSR count). The maximum Gasteiger partial charge on any atom is 0.268 e. The van der Waals surface area contributed by atoms with Crippen molar-refractivity contribution in [3.05, 3.63) is 54.1 Å². The first-order valence-electron chi connectivity index (χ1n) is 5.71. The number of rotatable bonds is 5. The Balaban J connectivity index is 3.26. The number of pyridine rings is 1. The van der Waals surface area contributed by atoms with E-state index in [-0.39, 0.29) is 18.7 Å². The summed E-state index contributed by atoms with van der Waals surface area (Å²) in [6.45, 7) is 3.41. The molecule has 0 spiro atoms. The van der Waals surface area contributed by atoms with Gasteiger partial charge >= 0.3 is 0 Å². The second-order valence-electron chi connectivity index (χ2n) is 4.14. The van der Waals surface area contributed by atoms with Crippen LogP contribution in [-0.4, -0.2) is 17.2 Å². The molecule has 0 bridgehead atoms. The van der Waals surface area contributed by atoms with Crippen LogP contribution in [0.2, 0.25) is 0 Å². The van der Waals surface area contributed by atoms with Gasteiger partial charge in [0, 0.05) is 28.6 Å². The number of aromatic nitrogens is 1. The first kappa shape index (κ1) is 15.1. The van der Waals surface area contributed by atoms with Crippen molar-refractivity contribution in [1.82, 2.24) is 4.57 Å². The third kappa shape index (κ3) is 3.29. The van der Waals surface area contributed by atoms with Crippen LogP contribution in [0.15, 0.2) is 21.1 Å². The number of nitriles is 1. The first-order valence-corrected chi connectivity index (χ1v) is 5.71. The van der Waals surface area contributed by atoms with Gasteiger partial charge in [-0.3, -0.25) is 4.79 Å². The van der Waals surface area contributed by atoms with Gasteiger partial charge in [-0.1, -0.05) is 10.2 Å². The van der Waals surface area contributed by atoms with Crippen LogP contribution in [0.25, 0.3) is 20.9 Å². The predicted molar refractivity (Wildman–Crippen MR) is 71.8 cm³/mol. The Morgan fingerprint density at radius 1 is 1.45 bits per heavy atom. The van der Waals surface area contributed by atoms with Crippen molar-refractivity contribution in [3.63, 3.8) is 0 Å². The van der Waals surface area contributed by atoms with E-state index in [1.54, 1.807) is 19.9 Å². The quantitative estimate of drug-likeness (QED) is 0.460. The van der Waals surface area contributed by atoms with Crippen LogP contribution in [0, 0.1) is 25.2 Å². The standard InChI is InChI=1S/C11H12N8O/c1-7-3-8(2)19(11(20)10(7)4-12)6-9(16-18-14)5-15-17-13/h3,9H,5-6H2,1-2H3. The summed E-state index contributed by atoms with van der Waals surface area (Å²) in [6, 6.07) is 2.89. The summed E-state index contributed by atoms with van der Waals surface area (Å²) >= 11 is 0. The van der Waals surface area contributed by atoms with E-state index in [4.69, 9.17) is 16.3 Å². The number of azide groups is 2. The Kier molecular flexibility index (Phi) is 5.18. The summed E-state index contributed by atoms with van der Waals surface area (Å²) < 4.78 is 1.35. The molecule has 1 unspecified atom stereocenters. The van der Waals surface area contributed by atoms with Gasteiger partial charge in [0.15, 0.2) is 0 Å². The summed E-state index contributed by atoms with van der Waals surface area (Å²) in [7, 11) is 0. The molecule has 9 heteroatoms. The first-order chi connectivity index (χ1) is 9.54. The number of hydrogen-bond donors (Lipinski definition) is 0. The fourth-order valence-electron chi connectivity index (χ4n) is 1.84. The third-order valence-electron chi connectivity index (χ3n) is 2.78. The van der Waals surface area contributed by atoms with Gasteiger partial charge < -0.3 is 4.57 Å². The highest BCUT2D eigenvalue weighted by Gasteiger charge is 2.13. The monoisotopic (exact) mass is 272 g/mol. The molecule has 0 aliphatic heterocycles. The highest BCUT2D eigenvalue weighted by molar-refractivity contribution is 5.36. The SMILES string of the molecule is Cc1cc(C)n(CC(CN=[N+]=[N-])N=[N+]=[N-])c(=O)c1C#N. The molecule has 0 amide bonds. The van der Waals surface area contributed by atoms with E-state index in [2.05, 4.69) is 20.1 Å². The maximum absolute atomic E-state index is 12.2. The second-order valence-corrected chi connectivity index (χ2v) is 4.14. The Morgan fingerprint density at radius 3 is 2.70 bits per heavy atom. The summed E-state index contributed by atoms with van der Waals surface area (Å²) in [5.74, 6) is 0. The van der Waals surface area contributed by atoms with Crippen molar-refractivity contribution in [3.8, 4) is 6.07 Å². The molecule has 0 saturated carbocycles. The molecule has 0 aliphatic carbocycles. The fraction of sp³-hybridized carbons (Fsp3) is 0.455. The van der Waals surface area contributed by atoms with Gasteiger partial charge in [-0.25, -0.2) is 0 Å². The van der Waals surface area contributed by atoms with E-state index in [0.29, 0.717) is 11.3 Å². The Morgan fingerprint density at radius 2 is 2.15 bits per heavy atom. The number of hydrogen-bond acceptors (Lipinski definition) is 4. The Hall–Kier alpha value is -2.94. The maximum atomic E-state index is 12.2. The van der Waals surface area contributed by atoms with E-state index in [1.807, 2.05) is 6.07 Å². The lowest BCUT2D eigenvalue weighted by molar-refractivity contribution is 0.533. The molecule has 1 atom stereocenters. The van der Waals surface area contributed by atoms with Crippen LogP contribution in [0.1, 0.15) is 16.8 Å². The summed E-state index contributed by atoms with van der Waals surface area (Å²) in [5, 5.41) is 15.8. The van der Waals surface area contributed by atoms with Gasteiger partial charge in [0.1, 0.15) is 11.6 Å². The van der Waals surface area contributed by atoms with Crippen LogP contribution < -0.4 is 5.56 Å². The topological polar surface area (TPSA) is 143 Å². The molecule has 1 aromatic rings. The Labute approximate surface area is 114 Å². The minimum Gasteiger partial charge on any atom is -0.311 e. The molecule has 102 valence electrons. The molecule has 9 nitrogen and oxygen atoms in total. The molecular formula is C11H12N8O. The zero-order valence-corrected chi connectivity index (χ0v) is 11.1. The van der Waals surface area contributed by atoms with E-state index >= 15 is 0 Å². The molecule has 0 N–H and O–H groups in total. The lowest BCUT2D eigenvalue weighted by Gasteiger charge is -2.15. The van der Waals surface area contributed by atoms with Crippen molar-refractivity contribution < 1.29 is 0 Å². The van der Waals surface area contributed by atoms with Gasteiger partial charge in [-0.05, 0) is 36.5 Å². The normalized spacial score (nSPS) is 10.8. The van der Waals surface area contributed by atoms with Gasteiger partial charge in [-0.15, -0.1) is 0 Å². The molecule has 0 aromatic carbocycles. The van der Waals surface area contributed by atoms with Crippen LogP contribution in [0.4, 0.5) is 0 Å². The molecule has 0 fully saturated rings. The molecular weight excluding hydrogens is 260 g/mol. The van der Waals surface area contributed by atoms with Gasteiger partial charge in [0.05, 0.1) is 6.04 Å². The van der Waals surface area contributed by atoms with Crippen molar-refractivity contribution in [2.75, 3.05) is 6.54 Å². The van der Waals surface area contributed by atoms with E-state index in [1.165, 1.54) is 4.57 Å². The van der Waals surface area contributed by atoms with Crippen molar-refractivity contribution in [2.45, 2.75) is 26.4 Å². The lowest BCUT2D eigenvalue weighted by atomic mass is 10.1. The predicted octanol–water partition coefficient (Wildman–Crippen LogP) is 2.33. The van der Waals surface area contributed by atoms with Gasteiger partial charge in [0.2, 0.25) is 0 Å². The van der Waals surface area contributed by atoms with Crippen LogP contribution in [0.3, 0.4) is 0 Å². The minimum atomic E-state index is -0.679. The van der Waals surface area contributed by atoms with Crippen LogP contribution >= 0.6 is 0 Å². The van der Waals surface area contributed by atoms with E-state index < -0.39 is 11.6 Å². The van der Waals surface area contributed by atoms with Crippen molar-refractivity contribution in [1.29, 1.82) is 5.26 Å². The van der Waals surface area contributed by atoms with E-state index in [0.717, 1.165) is 0 Å². The van der Waals surface area contributed by atoms with Crippen LogP contribution in [-0.2, 0) is 6.54 Å². The van der Waals surface area contributed by atoms with Crippen molar-refractivity contribution in [2.24, 2.45) is 10.2 Å². The lowest BCUT2D eigenvalue weighted by Crippen LogP contribution is -2.30.